The lowest BCUT2D eigenvalue weighted by atomic mass is 10.1. The van der Waals surface area contributed by atoms with E-state index >= 15 is 0 Å². The third kappa shape index (κ3) is 5.69. The Balaban J connectivity index is 2.79. The molecule has 0 aliphatic carbocycles. The highest BCUT2D eigenvalue weighted by Crippen LogP contribution is 2.09. The number of aryl methyl sites for hydroxylation is 1. The normalized spacial score (nSPS) is 11.3. The molecule has 2 N–H and O–H groups in total. The number of hydrogen-bond donors (Lipinski definition) is 2. The van der Waals surface area contributed by atoms with Gasteiger partial charge in [-0.15, -0.1) is 0 Å². The molecule has 0 heterocycles. The third-order valence-corrected chi connectivity index (χ3v) is 3.11. The van der Waals surface area contributed by atoms with Gasteiger partial charge in [-0.3, -0.25) is 9.00 Å². The maximum Gasteiger partial charge on any atom is 0.251 e. The molecule has 0 aromatic heterocycles. The summed E-state index contributed by atoms with van der Waals surface area (Å²) in [5, 5.41) is 11.4. The molecule has 0 aliphatic rings. The van der Waals surface area contributed by atoms with E-state index in [-0.39, 0.29) is 12.5 Å². The highest BCUT2D eigenvalue weighted by atomic mass is 32.2. The largest absolute Gasteiger partial charge is 0.384 e. The van der Waals surface area contributed by atoms with E-state index in [1.807, 2.05) is 13.0 Å². The van der Waals surface area contributed by atoms with Crippen LogP contribution in [0.2, 0.25) is 0 Å². The minimum absolute atomic E-state index is 0.207. The minimum Gasteiger partial charge on any atom is -0.384 e. The number of amides is 1. The molecule has 0 bridgehead atoms. The zero-order chi connectivity index (χ0) is 14.3. The summed E-state index contributed by atoms with van der Waals surface area (Å²) in [5.41, 5.74) is 2.14. The molecule has 1 aromatic carbocycles. The van der Waals surface area contributed by atoms with Crippen LogP contribution in [0.3, 0.4) is 0 Å². The molecule has 19 heavy (non-hydrogen) atoms. The van der Waals surface area contributed by atoms with Crippen molar-refractivity contribution in [3.05, 3.63) is 34.9 Å². The average molecular weight is 279 g/mol. The van der Waals surface area contributed by atoms with Gasteiger partial charge in [0.25, 0.3) is 5.91 Å². The lowest BCUT2D eigenvalue weighted by Crippen LogP contribution is -2.27. The van der Waals surface area contributed by atoms with Gasteiger partial charge >= 0.3 is 0 Å². The van der Waals surface area contributed by atoms with Crippen molar-refractivity contribution in [1.29, 1.82) is 0 Å². The third-order valence-electron chi connectivity index (χ3n) is 2.33. The second kappa shape index (κ2) is 7.72. The Bertz CT molecular complexity index is 543. The zero-order valence-electron chi connectivity index (χ0n) is 11.0. The van der Waals surface area contributed by atoms with E-state index in [4.69, 9.17) is 5.11 Å². The Hall–Kier alpha value is -1.64. The van der Waals surface area contributed by atoms with Crippen LogP contribution in [0.4, 0.5) is 0 Å². The molecule has 0 saturated heterocycles. The van der Waals surface area contributed by atoms with Crippen molar-refractivity contribution in [3.8, 4) is 11.8 Å². The summed E-state index contributed by atoms with van der Waals surface area (Å²) in [7, 11) is -0.916. The maximum absolute atomic E-state index is 11.9. The second-order valence-corrected chi connectivity index (χ2v) is 5.64. The van der Waals surface area contributed by atoms with Crippen LogP contribution in [0.5, 0.6) is 0 Å². The predicted molar refractivity (Wildman–Crippen MR) is 76.4 cm³/mol. The molecule has 0 aliphatic heterocycles. The van der Waals surface area contributed by atoms with Gasteiger partial charge in [0.05, 0.1) is 0 Å². The van der Waals surface area contributed by atoms with Gasteiger partial charge < -0.3 is 10.4 Å². The van der Waals surface area contributed by atoms with Crippen LogP contribution < -0.4 is 5.32 Å². The first-order valence-corrected chi connectivity index (χ1v) is 7.55. The summed E-state index contributed by atoms with van der Waals surface area (Å²) in [5.74, 6) is 5.56. The first kappa shape index (κ1) is 15.4. The monoisotopic (exact) mass is 279 g/mol. The number of aliphatic hydroxyl groups excluding tert-OH is 1. The topological polar surface area (TPSA) is 66.4 Å². The van der Waals surface area contributed by atoms with Gasteiger partial charge in [-0.2, -0.15) is 0 Å². The summed E-state index contributed by atoms with van der Waals surface area (Å²) in [6, 6.07) is 5.29. The number of carbonyl (C=O) groups is 1. The Kier molecular flexibility index (Phi) is 6.26. The molecule has 0 saturated carbocycles. The molecule has 0 spiro atoms. The highest BCUT2D eigenvalue weighted by molar-refractivity contribution is 7.84. The zero-order valence-corrected chi connectivity index (χ0v) is 11.8. The van der Waals surface area contributed by atoms with E-state index < -0.39 is 10.8 Å². The fourth-order valence-corrected chi connectivity index (χ4v) is 1.93. The molecule has 1 aromatic rings. The molecule has 1 amide bonds. The second-order valence-electron chi connectivity index (χ2n) is 4.08. The first-order chi connectivity index (χ1) is 9.02. The van der Waals surface area contributed by atoms with Gasteiger partial charge in [0.2, 0.25) is 0 Å². The number of carbonyl (C=O) groups excluding carboxylic acids is 1. The Morgan fingerprint density at radius 2 is 2.16 bits per heavy atom. The van der Waals surface area contributed by atoms with Crippen molar-refractivity contribution in [2.75, 3.05) is 25.2 Å². The van der Waals surface area contributed by atoms with Gasteiger partial charge in [-0.05, 0) is 30.7 Å². The van der Waals surface area contributed by atoms with Crippen molar-refractivity contribution in [2.45, 2.75) is 6.92 Å². The Morgan fingerprint density at radius 1 is 1.42 bits per heavy atom. The Morgan fingerprint density at radius 3 is 2.79 bits per heavy atom. The fourth-order valence-electron chi connectivity index (χ4n) is 1.54. The SMILES string of the molecule is Cc1cc(C#CCO)cc(C(=O)NCCS(C)=O)c1. The summed E-state index contributed by atoms with van der Waals surface area (Å²) in [6.07, 6.45) is 1.60. The van der Waals surface area contributed by atoms with Crippen LogP contribution in [0.1, 0.15) is 21.5 Å². The van der Waals surface area contributed by atoms with Crippen molar-refractivity contribution < 1.29 is 14.1 Å². The lowest BCUT2D eigenvalue weighted by Gasteiger charge is -2.06. The molecule has 102 valence electrons. The van der Waals surface area contributed by atoms with E-state index in [1.165, 1.54) is 0 Å². The smallest absolute Gasteiger partial charge is 0.251 e. The number of nitrogens with one attached hydrogen (secondary N) is 1. The fraction of sp³-hybridized carbons (Fsp3) is 0.357. The van der Waals surface area contributed by atoms with Crippen molar-refractivity contribution in [3.63, 3.8) is 0 Å². The Labute approximate surface area is 115 Å². The number of hydrogen-bond acceptors (Lipinski definition) is 3. The number of benzene rings is 1. The average Bonchev–Trinajstić information content (AvgIpc) is 2.35. The summed E-state index contributed by atoms with van der Waals surface area (Å²) in [4.78, 5) is 11.9. The summed E-state index contributed by atoms with van der Waals surface area (Å²) < 4.78 is 10.9. The van der Waals surface area contributed by atoms with Gasteiger partial charge in [-0.1, -0.05) is 11.8 Å². The number of aliphatic hydroxyl groups is 1. The van der Waals surface area contributed by atoms with Crippen LogP contribution >= 0.6 is 0 Å². The molecule has 5 heteroatoms. The van der Waals surface area contributed by atoms with Crippen molar-refractivity contribution in [2.24, 2.45) is 0 Å². The molecule has 0 fully saturated rings. The van der Waals surface area contributed by atoms with Gasteiger partial charge in [-0.25, -0.2) is 0 Å². The van der Waals surface area contributed by atoms with Crippen LogP contribution in [-0.2, 0) is 10.8 Å². The highest BCUT2D eigenvalue weighted by Gasteiger charge is 2.06. The van der Waals surface area contributed by atoms with Gasteiger partial charge in [0, 0.05) is 40.5 Å². The van der Waals surface area contributed by atoms with Crippen LogP contribution in [0, 0.1) is 18.8 Å². The van der Waals surface area contributed by atoms with Crippen LogP contribution in [0.15, 0.2) is 18.2 Å². The summed E-state index contributed by atoms with van der Waals surface area (Å²) >= 11 is 0. The molecule has 1 atom stereocenters. The van der Waals surface area contributed by atoms with Gasteiger partial charge in [0.15, 0.2) is 0 Å². The van der Waals surface area contributed by atoms with E-state index in [2.05, 4.69) is 17.2 Å². The lowest BCUT2D eigenvalue weighted by molar-refractivity contribution is 0.0956. The molecule has 1 unspecified atom stereocenters. The van der Waals surface area contributed by atoms with E-state index in [1.54, 1.807) is 18.4 Å². The van der Waals surface area contributed by atoms with Crippen molar-refractivity contribution in [1.82, 2.24) is 5.32 Å². The molecule has 0 radical (unpaired) electrons. The van der Waals surface area contributed by atoms with E-state index in [0.29, 0.717) is 23.4 Å². The standard InChI is InChI=1S/C14H17NO3S/c1-11-8-12(4-3-6-16)10-13(9-11)14(17)15-5-7-19(2)18/h8-10,16H,5-7H2,1-2H3,(H,15,17). The summed E-state index contributed by atoms with van der Waals surface area (Å²) in [6.45, 7) is 2.05. The van der Waals surface area contributed by atoms with Crippen molar-refractivity contribution >= 4 is 16.7 Å². The van der Waals surface area contributed by atoms with Crippen LogP contribution in [-0.4, -0.2) is 40.4 Å². The quantitative estimate of drug-likeness (QED) is 0.786. The molecular weight excluding hydrogens is 262 g/mol. The van der Waals surface area contributed by atoms with E-state index in [0.717, 1.165) is 5.56 Å². The van der Waals surface area contributed by atoms with Gasteiger partial charge in [0.1, 0.15) is 6.61 Å². The predicted octanol–water partition coefficient (Wildman–Crippen LogP) is 0.447. The molecule has 4 nitrogen and oxygen atoms in total. The molecule has 1 rings (SSSR count). The molecular formula is C14H17NO3S. The van der Waals surface area contributed by atoms with E-state index in [9.17, 15) is 9.00 Å². The first-order valence-electron chi connectivity index (χ1n) is 5.82. The maximum atomic E-state index is 11.9. The van der Waals surface area contributed by atoms with Crippen LogP contribution in [0.25, 0.3) is 0 Å². The number of rotatable bonds is 4. The minimum atomic E-state index is -0.916.